The van der Waals surface area contributed by atoms with Gasteiger partial charge in [-0.25, -0.2) is 4.98 Å². The Morgan fingerprint density at radius 1 is 1.20 bits per heavy atom. The normalized spacial score (nSPS) is 15.3. The van der Waals surface area contributed by atoms with Gasteiger partial charge in [-0.15, -0.1) is 0 Å². The summed E-state index contributed by atoms with van der Waals surface area (Å²) in [5.74, 6) is -0.0163. The van der Waals surface area contributed by atoms with Crippen LogP contribution in [-0.2, 0) is 11.3 Å². The number of nitrogens with one attached hydrogen (secondary N) is 2. The molecule has 0 atom stereocenters. The number of ether oxygens (including phenoxy) is 2. The maximum absolute atomic E-state index is 12.9. The van der Waals surface area contributed by atoms with Crippen molar-refractivity contribution in [1.29, 1.82) is 0 Å². The number of oxazole rings is 1. The third-order valence-corrected chi connectivity index (χ3v) is 5.89. The standard InChI is InChI=1S/C24H26N6O5/c1-33-10-11-34-17-2-3-18-16(12-17)15-30(24(18)32)21-14-27-23(35-21)22(31)28-19-13-26-5-4-20(19)29-8-6-25-7-9-29/h2-5,12-14,25H,6-11,15H2,1H3,(H,28,31). The first kappa shape index (κ1) is 22.8. The zero-order valence-electron chi connectivity index (χ0n) is 19.3. The van der Waals surface area contributed by atoms with Crippen LogP contribution < -0.4 is 25.2 Å². The number of amides is 2. The van der Waals surface area contributed by atoms with E-state index in [0.29, 0.717) is 36.8 Å². The molecule has 0 aliphatic carbocycles. The van der Waals surface area contributed by atoms with Crippen molar-refractivity contribution < 1.29 is 23.5 Å². The molecule has 1 fully saturated rings. The number of fused-ring (bicyclic) bond motifs is 1. The summed E-state index contributed by atoms with van der Waals surface area (Å²) in [7, 11) is 1.61. The van der Waals surface area contributed by atoms with Crippen molar-refractivity contribution in [2.24, 2.45) is 0 Å². The van der Waals surface area contributed by atoms with E-state index >= 15 is 0 Å². The Morgan fingerprint density at radius 2 is 2.06 bits per heavy atom. The Kier molecular flexibility index (Phi) is 6.59. The summed E-state index contributed by atoms with van der Waals surface area (Å²) in [5.41, 5.74) is 2.82. The Morgan fingerprint density at radius 3 is 2.89 bits per heavy atom. The first-order chi connectivity index (χ1) is 17.1. The number of pyridine rings is 1. The predicted octanol–water partition coefficient (Wildman–Crippen LogP) is 1.92. The fourth-order valence-corrected chi connectivity index (χ4v) is 4.14. The Labute approximate surface area is 202 Å². The summed E-state index contributed by atoms with van der Waals surface area (Å²) in [5, 5.41) is 6.15. The van der Waals surface area contributed by atoms with Crippen LogP contribution in [0.25, 0.3) is 0 Å². The molecule has 4 heterocycles. The molecule has 0 radical (unpaired) electrons. The molecule has 2 N–H and O–H groups in total. The second-order valence-corrected chi connectivity index (χ2v) is 8.14. The number of hydrogen-bond acceptors (Lipinski definition) is 9. The van der Waals surface area contributed by atoms with Crippen molar-refractivity contribution in [2.45, 2.75) is 6.54 Å². The van der Waals surface area contributed by atoms with Crippen LogP contribution in [0.4, 0.5) is 17.3 Å². The van der Waals surface area contributed by atoms with Crippen LogP contribution in [0, 0.1) is 0 Å². The Bertz CT molecular complexity index is 1220. The van der Waals surface area contributed by atoms with Gasteiger partial charge in [0.1, 0.15) is 12.4 Å². The molecule has 11 heteroatoms. The van der Waals surface area contributed by atoms with Crippen LogP contribution in [0.5, 0.6) is 5.75 Å². The highest BCUT2D eigenvalue weighted by molar-refractivity contribution is 6.09. The second kappa shape index (κ2) is 10.1. The molecule has 0 unspecified atom stereocenters. The molecule has 5 rings (SSSR count). The van der Waals surface area contributed by atoms with Gasteiger partial charge in [-0.1, -0.05) is 0 Å². The lowest BCUT2D eigenvalue weighted by atomic mass is 10.1. The van der Waals surface area contributed by atoms with Crippen molar-refractivity contribution in [1.82, 2.24) is 15.3 Å². The van der Waals surface area contributed by atoms with Gasteiger partial charge in [-0.3, -0.25) is 19.5 Å². The minimum atomic E-state index is -0.515. The minimum absolute atomic E-state index is 0.137. The van der Waals surface area contributed by atoms with Crippen LogP contribution in [0.2, 0.25) is 0 Å². The molecule has 1 aromatic carbocycles. The SMILES string of the molecule is COCCOc1ccc2c(c1)CN(c1cnc(C(=O)Nc3cnccc3N3CCNCC3)o1)C2=O. The number of carbonyl (C=O) groups is 2. The summed E-state index contributed by atoms with van der Waals surface area (Å²) in [4.78, 5) is 37.7. The summed E-state index contributed by atoms with van der Waals surface area (Å²) < 4.78 is 16.3. The highest BCUT2D eigenvalue weighted by Crippen LogP contribution is 2.32. The lowest BCUT2D eigenvalue weighted by Gasteiger charge is -2.30. The van der Waals surface area contributed by atoms with Crippen molar-refractivity contribution in [3.63, 3.8) is 0 Å². The van der Waals surface area contributed by atoms with E-state index in [9.17, 15) is 9.59 Å². The van der Waals surface area contributed by atoms with Gasteiger partial charge in [-0.2, -0.15) is 0 Å². The van der Waals surface area contributed by atoms with Crippen molar-refractivity contribution in [3.8, 4) is 5.75 Å². The van der Waals surface area contributed by atoms with Gasteiger partial charge >= 0.3 is 5.91 Å². The molecule has 2 aliphatic rings. The molecule has 2 amide bonds. The van der Waals surface area contributed by atoms with Crippen molar-refractivity contribution in [2.75, 3.05) is 61.6 Å². The smallest absolute Gasteiger partial charge is 0.311 e. The maximum Gasteiger partial charge on any atom is 0.311 e. The van der Waals surface area contributed by atoms with Crippen LogP contribution in [0.3, 0.4) is 0 Å². The van der Waals surface area contributed by atoms with Gasteiger partial charge in [0.15, 0.2) is 0 Å². The molecule has 3 aromatic rings. The van der Waals surface area contributed by atoms with Crippen molar-refractivity contribution in [3.05, 3.63) is 59.9 Å². The Hall–Kier alpha value is -3.96. The van der Waals surface area contributed by atoms with Crippen LogP contribution in [0.1, 0.15) is 26.6 Å². The van der Waals surface area contributed by atoms with E-state index in [1.165, 1.54) is 11.1 Å². The number of anilines is 3. The molecule has 0 spiro atoms. The van der Waals surface area contributed by atoms with Crippen LogP contribution >= 0.6 is 0 Å². The number of carbonyl (C=O) groups excluding carboxylic acids is 2. The zero-order chi connectivity index (χ0) is 24.2. The first-order valence-corrected chi connectivity index (χ1v) is 11.4. The van der Waals surface area contributed by atoms with Crippen molar-refractivity contribution >= 4 is 29.1 Å². The maximum atomic E-state index is 12.9. The van der Waals surface area contributed by atoms with E-state index in [1.54, 1.807) is 31.6 Å². The third-order valence-electron chi connectivity index (χ3n) is 5.89. The van der Waals surface area contributed by atoms with Gasteiger partial charge < -0.3 is 29.4 Å². The summed E-state index contributed by atoms with van der Waals surface area (Å²) in [6.07, 6.45) is 4.68. The Balaban J connectivity index is 1.28. The van der Waals surface area contributed by atoms with Crippen LogP contribution in [-0.4, -0.2) is 68.3 Å². The molecule has 35 heavy (non-hydrogen) atoms. The molecule has 182 valence electrons. The van der Waals surface area contributed by atoms with E-state index in [4.69, 9.17) is 13.9 Å². The van der Waals surface area contributed by atoms with E-state index in [2.05, 4.69) is 25.5 Å². The average Bonchev–Trinajstić information content (AvgIpc) is 3.50. The average molecular weight is 479 g/mol. The number of methoxy groups -OCH3 is 1. The lowest BCUT2D eigenvalue weighted by molar-refractivity contribution is 0.0972. The molecule has 11 nitrogen and oxygen atoms in total. The van der Waals surface area contributed by atoms with Gasteiger partial charge in [0.25, 0.3) is 11.8 Å². The van der Waals surface area contributed by atoms with E-state index in [1.807, 2.05) is 12.1 Å². The number of hydrogen-bond donors (Lipinski definition) is 2. The molecular formula is C24H26N6O5. The number of rotatable bonds is 8. The summed E-state index contributed by atoms with van der Waals surface area (Å²) in [6, 6.07) is 7.17. The number of piperazine rings is 1. The summed E-state index contributed by atoms with van der Waals surface area (Å²) >= 11 is 0. The minimum Gasteiger partial charge on any atom is -0.491 e. The quantitative estimate of drug-likeness (QED) is 0.468. The monoisotopic (exact) mass is 478 g/mol. The fourth-order valence-electron chi connectivity index (χ4n) is 4.14. The number of aromatic nitrogens is 2. The highest BCUT2D eigenvalue weighted by atomic mass is 16.5. The predicted molar refractivity (Wildman–Crippen MR) is 128 cm³/mol. The van der Waals surface area contributed by atoms with E-state index in [-0.39, 0.29) is 17.7 Å². The van der Waals surface area contributed by atoms with Crippen LogP contribution in [0.15, 0.2) is 47.3 Å². The second-order valence-electron chi connectivity index (χ2n) is 8.14. The topological polar surface area (TPSA) is 122 Å². The number of benzene rings is 1. The van der Waals surface area contributed by atoms with Gasteiger partial charge in [0.2, 0.25) is 5.88 Å². The molecular weight excluding hydrogens is 452 g/mol. The van der Waals surface area contributed by atoms with Gasteiger partial charge in [-0.05, 0) is 29.8 Å². The molecule has 1 saturated heterocycles. The van der Waals surface area contributed by atoms with E-state index in [0.717, 1.165) is 37.4 Å². The number of nitrogens with zero attached hydrogens (tertiary/aromatic N) is 4. The first-order valence-electron chi connectivity index (χ1n) is 11.4. The third kappa shape index (κ3) is 4.81. The zero-order valence-corrected chi connectivity index (χ0v) is 19.3. The largest absolute Gasteiger partial charge is 0.491 e. The lowest BCUT2D eigenvalue weighted by Crippen LogP contribution is -2.43. The highest BCUT2D eigenvalue weighted by Gasteiger charge is 2.32. The summed E-state index contributed by atoms with van der Waals surface area (Å²) in [6.45, 7) is 4.57. The molecule has 0 saturated carbocycles. The molecule has 2 aromatic heterocycles. The van der Waals surface area contributed by atoms with E-state index < -0.39 is 5.91 Å². The van der Waals surface area contributed by atoms with Gasteiger partial charge in [0.05, 0.1) is 36.9 Å². The van der Waals surface area contributed by atoms with Gasteiger partial charge in [0, 0.05) is 45.0 Å². The fraction of sp³-hybridized carbons (Fsp3) is 0.333. The molecule has 0 bridgehead atoms. The molecule has 2 aliphatic heterocycles.